The summed E-state index contributed by atoms with van der Waals surface area (Å²) >= 11 is 3.28. The topological polar surface area (TPSA) is 61.0 Å². The Balaban J connectivity index is 1.89. The van der Waals surface area contributed by atoms with Gasteiger partial charge in [-0.25, -0.2) is 9.97 Å². The molecule has 2 N–H and O–H groups in total. The van der Waals surface area contributed by atoms with Gasteiger partial charge >= 0.3 is 6.01 Å². The number of hydrogen-bond acceptors (Lipinski definition) is 4. The molecule has 0 aromatic carbocycles. The fourth-order valence-corrected chi connectivity index (χ4v) is 1.92. The van der Waals surface area contributed by atoms with Gasteiger partial charge in [-0.15, -0.1) is 0 Å². The van der Waals surface area contributed by atoms with E-state index >= 15 is 0 Å². The number of hydrogen-bond donors (Lipinski definition) is 1. The standard InChI is InChI=1S/C10H14BrN3O/c11-7-5-13-10(14-6-7)15-9-3-1-8(12)2-4-9/h5-6,8-9H,1-4,12H2. The van der Waals surface area contributed by atoms with Crippen LogP contribution in [0.2, 0.25) is 0 Å². The molecule has 82 valence electrons. The molecule has 1 aliphatic carbocycles. The molecule has 0 spiro atoms. The Bertz CT molecular complexity index is 309. The minimum absolute atomic E-state index is 0.228. The number of nitrogens with zero attached hydrogens (tertiary/aromatic N) is 2. The van der Waals surface area contributed by atoms with Gasteiger partial charge in [-0.05, 0) is 41.6 Å². The van der Waals surface area contributed by atoms with Crippen molar-refractivity contribution in [3.63, 3.8) is 0 Å². The van der Waals surface area contributed by atoms with Crippen molar-refractivity contribution in [2.24, 2.45) is 5.73 Å². The Morgan fingerprint density at radius 3 is 2.40 bits per heavy atom. The van der Waals surface area contributed by atoms with Gasteiger partial charge in [0, 0.05) is 18.4 Å². The molecule has 1 fully saturated rings. The van der Waals surface area contributed by atoms with Gasteiger partial charge in [-0.3, -0.25) is 0 Å². The van der Waals surface area contributed by atoms with Crippen LogP contribution in [-0.2, 0) is 0 Å². The van der Waals surface area contributed by atoms with Crippen LogP contribution in [0.5, 0.6) is 6.01 Å². The first kappa shape index (κ1) is 10.8. The van der Waals surface area contributed by atoms with Gasteiger partial charge in [0.25, 0.3) is 0 Å². The van der Waals surface area contributed by atoms with Crippen molar-refractivity contribution in [3.8, 4) is 6.01 Å². The smallest absolute Gasteiger partial charge is 0.316 e. The summed E-state index contributed by atoms with van der Waals surface area (Å²) in [6.45, 7) is 0. The number of aromatic nitrogens is 2. The highest BCUT2D eigenvalue weighted by atomic mass is 79.9. The second-order valence-electron chi connectivity index (χ2n) is 3.84. The van der Waals surface area contributed by atoms with Crippen LogP contribution in [0.15, 0.2) is 16.9 Å². The van der Waals surface area contributed by atoms with E-state index in [2.05, 4.69) is 25.9 Å². The van der Waals surface area contributed by atoms with Crippen molar-refractivity contribution in [1.29, 1.82) is 0 Å². The van der Waals surface area contributed by atoms with Crippen LogP contribution in [0.1, 0.15) is 25.7 Å². The van der Waals surface area contributed by atoms with E-state index in [0.717, 1.165) is 30.2 Å². The molecule has 0 amide bonds. The summed E-state index contributed by atoms with van der Waals surface area (Å²) in [6.07, 6.45) is 7.67. The first-order chi connectivity index (χ1) is 7.24. The SMILES string of the molecule is NC1CCC(Oc2ncc(Br)cn2)CC1. The van der Waals surface area contributed by atoms with E-state index in [4.69, 9.17) is 10.5 Å². The van der Waals surface area contributed by atoms with E-state index < -0.39 is 0 Å². The van der Waals surface area contributed by atoms with E-state index in [1.54, 1.807) is 12.4 Å². The molecule has 2 rings (SSSR count). The van der Waals surface area contributed by atoms with Crippen molar-refractivity contribution in [2.45, 2.75) is 37.8 Å². The van der Waals surface area contributed by atoms with Gasteiger partial charge in [0.15, 0.2) is 0 Å². The lowest BCUT2D eigenvalue weighted by Gasteiger charge is -2.25. The summed E-state index contributed by atoms with van der Waals surface area (Å²) in [7, 11) is 0. The third-order valence-electron chi connectivity index (χ3n) is 2.59. The largest absolute Gasteiger partial charge is 0.460 e. The van der Waals surface area contributed by atoms with Crippen LogP contribution in [-0.4, -0.2) is 22.1 Å². The Kier molecular flexibility index (Phi) is 3.53. The molecule has 1 aromatic heterocycles. The third kappa shape index (κ3) is 3.14. The van der Waals surface area contributed by atoms with Gasteiger partial charge < -0.3 is 10.5 Å². The molecule has 0 aliphatic heterocycles. The van der Waals surface area contributed by atoms with Crippen LogP contribution in [0.25, 0.3) is 0 Å². The molecule has 0 radical (unpaired) electrons. The Morgan fingerprint density at radius 1 is 1.20 bits per heavy atom. The summed E-state index contributed by atoms with van der Waals surface area (Å²) in [6, 6.07) is 0.800. The van der Waals surface area contributed by atoms with Crippen LogP contribution in [0, 0.1) is 0 Å². The average molecular weight is 272 g/mol. The molecule has 0 saturated heterocycles. The quantitative estimate of drug-likeness (QED) is 0.893. The highest BCUT2D eigenvalue weighted by Gasteiger charge is 2.20. The van der Waals surface area contributed by atoms with E-state index in [9.17, 15) is 0 Å². The van der Waals surface area contributed by atoms with Crippen molar-refractivity contribution in [3.05, 3.63) is 16.9 Å². The maximum absolute atomic E-state index is 5.82. The summed E-state index contributed by atoms with van der Waals surface area (Å²) in [5.41, 5.74) is 5.82. The van der Waals surface area contributed by atoms with Crippen LogP contribution in [0.3, 0.4) is 0 Å². The minimum atomic E-state index is 0.228. The zero-order chi connectivity index (χ0) is 10.7. The van der Waals surface area contributed by atoms with E-state index in [0.29, 0.717) is 12.1 Å². The number of ether oxygens (including phenoxy) is 1. The van der Waals surface area contributed by atoms with Crippen molar-refractivity contribution in [1.82, 2.24) is 9.97 Å². The van der Waals surface area contributed by atoms with Crippen LogP contribution < -0.4 is 10.5 Å². The van der Waals surface area contributed by atoms with Gasteiger partial charge in [-0.1, -0.05) is 0 Å². The summed E-state index contributed by atoms with van der Waals surface area (Å²) in [4.78, 5) is 8.16. The van der Waals surface area contributed by atoms with E-state index in [1.807, 2.05) is 0 Å². The molecule has 0 atom stereocenters. The number of rotatable bonds is 2. The summed E-state index contributed by atoms with van der Waals surface area (Å²) in [5, 5.41) is 0. The zero-order valence-electron chi connectivity index (χ0n) is 8.40. The molecular weight excluding hydrogens is 258 g/mol. The minimum Gasteiger partial charge on any atom is -0.460 e. The number of nitrogens with two attached hydrogens (primary N) is 1. The Hall–Kier alpha value is -0.680. The Morgan fingerprint density at radius 2 is 1.80 bits per heavy atom. The lowest BCUT2D eigenvalue weighted by atomic mass is 9.94. The van der Waals surface area contributed by atoms with Gasteiger partial charge in [0.2, 0.25) is 0 Å². The lowest BCUT2D eigenvalue weighted by molar-refractivity contribution is 0.134. The molecule has 1 heterocycles. The highest BCUT2D eigenvalue weighted by Crippen LogP contribution is 2.21. The predicted octanol–water partition coefficient (Wildman–Crippen LogP) is 1.89. The average Bonchev–Trinajstić information content (AvgIpc) is 2.25. The second kappa shape index (κ2) is 4.90. The summed E-state index contributed by atoms with van der Waals surface area (Å²) in [5.74, 6) is 0. The van der Waals surface area contributed by atoms with Gasteiger partial charge in [0.05, 0.1) is 4.47 Å². The third-order valence-corrected chi connectivity index (χ3v) is 3.00. The van der Waals surface area contributed by atoms with Gasteiger partial charge in [0.1, 0.15) is 6.10 Å². The zero-order valence-corrected chi connectivity index (χ0v) is 9.98. The van der Waals surface area contributed by atoms with Crippen LogP contribution >= 0.6 is 15.9 Å². The summed E-state index contributed by atoms with van der Waals surface area (Å²) < 4.78 is 6.52. The molecule has 15 heavy (non-hydrogen) atoms. The molecule has 0 unspecified atom stereocenters. The van der Waals surface area contributed by atoms with Crippen LogP contribution in [0.4, 0.5) is 0 Å². The molecule has 1 saturated carbocycles. The fourth-order valence-electron chi connectivity index (χ4n) is 1.72. The maximum atomic E-state index is 5.82. The molecule has 1 aromatic rings. The number of halogens is 1. The van der Waals surface area contributed by atoms with E-state index in [-0.39, 0.29) is 6.10 Å². The molecule has 0 bridgehead atoms. The Labute approximate surface area is 97.4 Å². The first-order valence-corrected chi connectivity index (χ1v) is 5.93. The first-order valence-electron chi connectivity index (χ1n) is 5.14. The predicted molar refractivity (Wildman–Crippen MR) is 60.6 cm³/mol. The monoisotopic (exact) mass is 271 g/mol. The molecule has 5 heteroatoms. The highest BCUT2D eigenvalue weighted by molar-refractivity contribution is 9.10. The van der Waals surface area contributed by atoms with Crippen molar-refractivity contribution >= 4 is 15.9 Å². The van der Waals surface area contributed by atoms with Crippen molar-refractivity contribution < 1.29 is 4.74 Å². The van der Waals surface area contributed by atoms with Gasteiger partial charge in [-0.2, -0.15) is 0 Å². The van der Waals surface area contributed by atoms with E-state index in [1.165, 1.54) is 0 Å². The fraction of sp³-hybridized carbons (Fsp3) is 0.600. The molecular formula is C10H14BrN3O. The second-order valence-corrected chi connectivity index (χ2v) is 4.75. The van der Waals surface area contributed by atoms with Crippen molar-refractivity contribution in [2.75, 3.05) is 0 Å². The molecule has 4 nitrogen and oxygen atoms in total. The maximum Gasteiger partial charge on any atom is 0.316 e. The normalized spacial score (nSPS) is 26.3. The lowest BCUT2D eigenvalue weighted by Crippen LogP contribution is -2.32. The molecule has 1 aliphatic rings.